The van der Waals surface area contributed by atoms with Gasteiger partial charge in [0.25, 0.3) is 0 Å². The zero-order chi connectivity index (χ0) is 19.6. The van der Waals surface area contributed by atoms with Crippen LogP contribution in [-0.2, 0) is 27.5 Å². The molecule has 2 rings (SSSR count). The maximum Gasteiger partial charge on any atom is 0.223 e. The summed E-state index contributed by atoms with van der Waals surface area (Å²) in [6, 6.07) is 14.9. The summed E-state index contributed by atoms with van der Waals surface area (Å²) in [5.74, 6) is -0.0199. The van der Waals surface area contributed by atoms with Gasteiger partial charge in [-0.15, -0.1) is 0 Å². The van der Waals surface area contributed by atoms with Gasteiger partial charge in [-0.05, 0) is 41.8 Å². The fraction of sp³-hybridized carbons (Fsp3) is 0.286. The highest BCUT2D eigenvalue weighted by molar-refractivity contribution is 5.88. The van der Waals surface area contributed by atoms with E-state index in [9.17, 15) is 14.4 Å². The van der Waals surface area contributed by atoms with Gasteiger partial charge in [0.05, 0.1) is 0 Å². The number of carbonyl (C=O) groups excluding carboxylic acids is 3. The Bertz CT molecular complexity index is 770. The second-order valence-electron chi connectivity index (χ2n) is 6.34. The number of nitrogens with one attached hydrogen (secondary N) is 2. The third kappa shape index (κ3) is 6.58. The topological polar surface area (TPSA) is 78.5 Å². The van der Waals surface area contributed by atoms with E-state index in [4.69, 9.17) is 0 Å². The first-order chi connectivity index (χ1) is 13.0. The fourth-order valence-corrected chi connectivity index (χ4v) is 2.72. The molecular weight excluding hydrogens is 342 g/mol. The summed E-state index contributed by atoms with van der Waals surface area (Å²) in [5.41, 5.74) is 3.43. The van der Waals surface area contributed by atoms with Crippen molar-refractivity contribution in [3.63, 3.8) is 0 Å². The van der Waals surface area contributed by atoms with Gasteiger partial charge in [0.15, 0.2) is 0 Å². The molecule has 3 amide bonds. The van der Waals surface area contributed by atoms with Crippen LogP contribution in [0.5, 0.6) is 0 Å². The molecular formula is C21H25N3O3. The Kier molecular flexibility index (Phi) is 7.55. The van der Waals surface area contributed by atoms with E-state index >= 15 is 0 Å². The number of anilines is 2. The van der Waals surface area contributed by atoms with Gasteiger partial charge in [0.1, 0.15) is 0 Å². The van der Waals surface area contributed by atoms with Gasteiger partial charge in [-0.1, -0.05) is 31.2 Å². The first-order valence-corrected chi connectivity index (χ1v) is 8.95. The van der Waals surface area contributed by atoms with E-state index in [1.807, 2.05) is 60.4 Å². The summed E-state index contributed by atoms with van der Waals surface area (Å²) in [7, 11) is 0. The molecule has 0 saturated heterocycles. The van der Waals surface area contributed by atoms with Crippen LogP contribution in [0.1, 0.15) is 37.8 Å². The predicted molar refractivity (Wildman–Crippen MR) is 106 cm³/mol. The van der Waals surface area contributed by atoms with Crippen LogP contribution >= 0.6 is 0 Å². The zero-order valence-corrected chi connectivity index (χ0v) is 15.7. The van der Waals surface area contributed by atoms with Gasteiger partial charge in [-0.2, -0.15) is 0 Å². The standard InChI is InChI=1S/C21H25N3O3/c1-3-4-21(27)24(13-17-5-9-19(10-6-17)22-15-25)14-18-7-11-20(12-8-18)23-16(2)26/h5-12,15H,3-4,13-14H2,1-2H3,(H,22,25)(H,23,26). The summed E-state index contributed by atoms with van der Waals surface area (Å²) >= 11 is 0. The van der Waals surface area contributed by atoms with Crippen LogP contribution < -0.4 is 10.6 Å². The molecule has 0 atom stereocenters. The lowest BCUT2D eigenvalue weighted by atomic mass is 10.1. The van der Waals surface area contributed by atoms with Crippen LogP contribution in [0, 0.1) is 0 Å². The molecule has 0 unspecified atom stereocenters. The van der Waals surface area contributed by atoms with Gasteiger partial charge in [-0.3, -0.25) is 14.4 Å². The molecule has 0 radical (unpaired) electrons. The lowest BCUT2D eigenvalue weighted by molar-refractivity contribution is -0.132. The van der Waals surface area contributed by atoms with Gasteiger partial charge in [0, 0.05) is 37.8 Å². The minimum atomic E-state index is -0.116. The van der Waals surface area contributed by atoms with E-state index in [2.05, 4.69) is 10.6 Å². The highest BCUT2D eigenvalue weighted by atomic mass is 16.2. The van der Waals surface area contributed by atoms with Crippen molar-refractivity contribution in [2.24, 2.45) is 0 Å². The number of rotatable bonds is 9. The summed E-state index contributed by atoms with van der Waals surface area (Å²) < 4.78 is 0. The molecule has 0 aromatic heterocycles. The minimum Gasteiger partial charge on any atom is -0.334 e. The normalized spacial score (nSPS) is 10.1. The van der Waals surface area contributed by atoms with E-state index in [0.717, 1.165) is 23.2 Å². The van der Waals surface area contributed by atoms with Crippen molar-refractivity contribution in [2.45, 2.75) is 39.8 Å². The third-order valence-electron chi connectivity index (χ3n) is 4.02. The third-order valence-corrected chi connectivity index (χ3v) is 4.02. The Morgan fingerprint density at radius 2 is 1.44 bits per heavy atom. The van der Waals surface area contributed by atoms with Crippen molar-refractivity contribution in [1.82, 2.24) is 4.90 Å². The summed E-state index contributed by atoms with van der Waals surface area (Å²) in [6.07, 6.45) is 1.92. The summed E-state index contributed by atoms with van der Waals surface area (Å²) in [6.45, 7) is 4.44. The first-order valence-electron chi connectivity index (χ1n) is 8.95. The van der Waals surface area contributed by atoms with Crippen LogP contribution in [0.15, 0.2) is 48.5 Å². The number of benzene rings is 2. The highest BCUT2D eigenvalue weighted by Crippen LogP contribution is 2.16. The van der Waals surface area contributed by atoms with Crippen LogP contribution in [0.2, 0.25) is 0 Å². The van der Waals surface area contributed by atoms with Gasteiger partial charge in [-0.25, -0.2) is 0 Å². The van der Waals surface area contributed by atoms with Crippen molar-refractivity contribution < 1.29 is 14.4 Å². The molecule has 0 saturated carbocycles. The lowest BCUT2D eigenvalue weighted by Gasteiger charge is -2.23. The molecule has 0 aliphatic heterocycles. The Morgan fingerprint density at radius 3 is 1.89 bits per heavy atom. The number of hydrogen-bond acceptors (Lipinski definition) is 3. The zero-order valence-electron chi connectivity index (χ0n) is 15.7. The second-order valence-corrected chi connectivity index (χ2v) is 6.34. The van der Waals surface area contributed by atoms with Crippen molar-refractivity contribution in [1.29, 1.82) is 0 Å². The molecule has 0 bridgehead atoms. The quantitative estimate of drug-likeness (QED) is 0.666. The molecule has 27 heavy (non-hydrogen) atoms. The van der Waals surface area contributed by atoms with Crippen LogP contribution in [0.4, 0.5) is 11.4 Å². The first kappa shape index (κ1) is 20.2. The van der Waals surface area contributed by atoms with Crippen molar-refractivity contribution in [2.75, 3.05) is 10.6 Å². The van der Waals surface area contributed by atoms with Crippen LogP contribution in [0.25, 0.3) is 0 Å². The van der Waals surface area contributed by atoms with E-state index < -0.39 is 0 Å². The summed E-state index contributed by atoms with van der Waals surface area (Å²) in [4.78, 5) is 36.0. The Hall–Kier alpha value is -3.15. The predicted octanol–water partition coefficient (Wildman–Crippen LogP) is 3.54. The molecule has 0 spiro atoms. The monoisotopic (exact) mass is 367 g/mol. The van der Waals surface area contributed by atoms with Gasteiger partial charge in [0.2, 0.25) is 18.2 Å². The summed E-state index contributed by atoms with van der Waals surface area (Å²) in [5, 5.41) is 5.33. The van der Waals surface area contributed by atoms with E-state index in [1.165, 1.54) is 6.92 Å². The molecule has 0 aliphatic carbocycles. The fourth-order valence-electron chi connectivity index (χ4n) is 2.72. The molecule has 6 nitrogen and oxygen atoms in total. The molecule has 2 aromatic carbocycles. The van der Waals surface area contributed by atoms with Crippen molar-refractivity contribution in [3.05, 3.63) is 59.7 Å². The van der Waals surface area contributed by atoms with Crippen molar-refractivity contribution >= 4 is 29.6 Å². The largest absolute Gasteiger partial charge is 0.334 e. The van der Waals surface area contributed by atoms with E-state index in [-0.39, 0.29) is 11.8 Å². The minimum absolute atomic E-state index is 0.0959. The van der Waals surface area contributed by atoms with Crippen molar-refractivity contribution in [3.8, 4) is 0 Å². The molecule has 6 heteroatoms. The molecule has 0 fully saturated rings. The van der Waals surface area contributed by atoms with Crippen LogP contribution in [0.3, 0.4) is 0 Å². The molecule has 2 aromatic rings. The molecule has 0 aliphatic rings. The second kappa shape index (κ2) is 10.1. The molecule has 2 N–H and O–H groups in total. The number of carbonyl (C=O) groups is 3. The van der Waals surface area contributed by atoms with Gasteiger partial charge < -0.3 is 15.5 Å². The average molecular weight is 367 g/mol. The SMILES string of the molecule is CCCC(=O)N(Cc1ccc(NC=O)cc1)Cc1ccc(NC(C)=O)cc1. The van der Waals surface area contributed by atoms with Crippen LogP contribution in [-0.4, -0.2) is 23.1 Å². The number of amides is 3. The van der Waals surface area contributed by atoms with E-state index in [0.29, 0.717) is 31.6 Å². The Balaban J connectivity index is 2.10. The Labute approximate surface area is 159 Å². The maximum atomic E-state index is 12.5. The lowest BCUT2D eigenvalue weighted by Crippen LogP contribution is -2.29. The highest BCUT2D eigenvalue weighted by Gasteiger charge is 2.14. The smallest absolute Gasteiger partial charge is 0.223 e. The molecule has 142 valence electrons. The number of nitrogens with zero attached hydrogens (tertiary/aromatic N) is 1. The average Bonchev–Trinajstić information content (AvgIpc) is 2.64. The number of hydrogen-bond donors (Lipinski definition) is 2. The molecule has 0 heterocycles. The maximum absolute atomic E-state index is 12.5. The van der Waals surface area contributed by atoms with E-state index in [1.54, 1.807) is 0 Å². The van der Waals surface area contributed by atoms with Gasteiger partial charge >= 0.3 is 0 Å². The Morgan fingerprint density at radius 1 is 0.926 bits per heavy atom.